The highest BCUT2D eigenvalue weighted by Gasteiger charge is 1.87. The summed E-state index contributed by atoms with van der Waals surface area (Å²) in [7, 11) is 0. The van der Waals surface area contributed by atoms with Gasteiger partial charge in [0.05, 0.1) is 5.03 Å². The van der Waals surface area contributed by atoms with Crippen molar-refractivity contribution >= 4 is 18.7 Å². The molecule has 1 aromatic rings. The van der Waals surface area contributed by atoms with Crippen LogP contribution in [0.4, 0.5) is 0 Å². The van der Waals surface area contributed by atoms with Crippen LogP contribution < -0.4 is 0 Å². The summed E-state index contributed by atoms with van der Waals surface area (Å²) >= 11 is 4.01. The van der Waals surface area contributed by atoms with Crippen molar-refractivity contribution in [2.75, 3.05) is 0 Å². The van der Waals surface area contributed by atoms with Gasteiger partial charge in [0.2, 0.25) is 0 Å². The van der Waals surface area contributed by atoms with Gasteiger partial charge in [0.25, 0.3) is 0 Å². The molecule has 0 fully saturated rings. The van der Waals surface area contributed by atoms with E-state index in [1.165, 1.54) is 0 Å². The van der Waals surface area contributed by atoms with Gasteiger partial charge in [-0.2, -0.15) is 0 Å². The van der Waals surface area contributed by atoms with Gasteiger partial charge in [-0.1, -0.05) is 6.58 Å². The van der Waals surface area contributed by atoms with Gasteiger partial charge < -0.3 is 0 Å². The van der Waals surface area contributed by atoms with Gasteiger partial charge >= 0.3 is 0 Å². The van der Waals surface area contributed by atoms with Crippen LogP contribution in [0.25, 0.3) is 6.08 Å². The number of aromatic nitrogens is 2. The van der Waals surface area contributed by atoms with Crippen LogP contribution >= 0.6 is 12.6 Å². The average Bonchev–Trinajstić information content (AvgIpc) is 1.88. The number of thiol groups is 1. The predicted molar refractivity (Wildman–Crippen MR) is 39.4 cm³/mol. The molecular weight excluding hydrogens is 132 g/mol. The summed E-state index contributed by atoms with van der Waals surface area (Å²) in [4.78, 5) is 7.81. The fraction of sp³-hybridized carbons (Fsp3) is 0. The second-order valence-corrected chi connectivity index (χ2v) is 1.94. The van der Waals surface area contributed by atoms with E-state index in [0.29, 0.717) is 10.9 Å². The zero-order valence-electron chi connectivity index (χ0n) is 4.78. The summed E-state index contributed by atoms with van der Waals surface area (Å²) in [6.45, 7) is 3.51. The van der Waals surface area contributed by atoms with Crippen molar-refractivity contribution in [2.45, 2.75) is 5.03 Å². The molecular formula is C6H6N2S. The van der Waals surface area contributed by atoms with Crippen LogP contribution in [0.15, 0.2) is 23.9 Å². The highest BCUT2D eigenvalue weighted by molar-refractivity contribution is 7.80. The summed E-state index contributed by atoms with van der Waals surface area (Å²) in [6.07, 6.45) is 3.23. The number of nitrogens with zero attached hydrogens (tertiary/aromatic N) is 2. The molecule has 2 nitrogen and oxygen atoms in total. The third-order valence-corrected chi connectivity index (χ3v) is 1.09. The smallest absolute Gasteiger partial charge is 0.152 e. The summed E-state index contributed by atoms with van der Waals surface area (Å²) in [6, 6.07) is 1.72. The second-order valence-electron chi connectivity index (χ2n) is 1.48. The SMILES string of the molecule is C=Cc1nccc(S)n1. The van der Waals surface area contributed by atoms with E-state index in [1.54, 1.807) is 18.3 Å². The topological polar surface area (TPSA) is 25.8 Å². The van der Waals surface area contributed by atoms with Gasteiger partial charge in [0, 0.05) is 6.20 Å². The predicted octanol–water partition coefficient (Wildman–Crippen LogP) is 1.41. The Balaban J connectivity index is 3.07. The van der Waals surface area contributed by atoms with E-state index in [4.69, 9.17) is 0 Å². The van der Waals surface area contributed by atoms with Gasteiger partial charge in [-0.05, 0) is 12.1 Å². The molecule has 1 aromatic heterocycles. The Morgan fingerprint density at radius 1 is 1.67 bits per heavy atom. The van der Waals surface area contributed by atoms with E-state index in [9.17, 15) is 0 Å². The lowest BCUT2D eigenvalue weighted by Crippen LogP contribution is -1.84. The van der Waals surface area contributed by atoms with Crippen molar-refractivity contribution in [1.82, 2.24) is 9.97 Å². The van der Waals surface area contributed by atoms with Crippen LogP contribution in [0, 0.1) is 0 Å². The maximum Gasteiger partial charge on any atom is 0.152 e. The monoisotopic (exact) mass is 138 g/mol. The largest absolute Gasteiger partial charge is 0.237 e. The molecule has 0 bridgehead atoms. The van der Waals surface area contributed by atoms with Crippen molar-refractivity contribution in [3.05, 3.63) is 24.7 Å². The lowest BCUT2D eigenvalue weighted by molar-refractivity contribution is 1.03. The highest BCUT2D eigenvalue weighted by atomic mass is 32.1. The zero-order chi connectivity index (χ0) is 6.69. The van der Waals surface area contributed by atoms with Crippen LogP contribution in [-0.4, -0.2) is 9.97 Å². The molecule has 0 aromatic carbocycles. The Morgan fingerprint density at radius 2 is 2.44 bits per heavy atom. The Bertz CT molecular complexity index is 222. The maximum absolute atomic E-state index is 4.01. The molecule has 0 aliphatic heterocycles. The van der Waals surface area contributed by atoms with E-state index in [0.717, 1.165) is 0 Å². The van der Waals surface area contributed by atoms with E-state index < -0.39 is 0 Å². The van der Waals surface area contributed by atoms with E-state index in [1.807, 2.05) is 0 Å². The minimum absolute atomic E-state index is 0.613. The van der Waals surface area contributed by atoms with Crippen molar-refractivity contribution in [2.24, 2.45) is 0 Å². The Kier molecular flexibility index (Phi) is 1.85. The van der Waals surface area contributed by atoms with Crippen LogP contribution in [0.1, 0.15) is 5.82 Å². The molecule has 3 heteroatoms. The lowest BCUT2D eigenvalue weighted by atomic mass is 10.5. The molecule has 46 valence electrons. The second kappa shape index (κ2) is 2.64. The fourth-order valence-corrected chi connectivity index (χ4v) is 0.631. The molecule has 1 rings (SSSR count). The van der Waals surface area contributed by atoms with Crippen molar-refractivity contribution < 1.29 is 0 Å². The van der Waals surface area contributed by atoms with Gasteiger partial charge in [-0.15, -0.1) is 12.6 Å². The van der Waals surface area contributed by atoms with Gasteiger partial charge in [0.1, 0.15) is 0 Å². The van der Waals surface area contributed by atoms with Crippen LogP contribution in [0.2, 0.25) is 0 Å². The van der Waals surface area contributed by atoms with Crippen molar-refractivity contribution in [1.29, 1.82) is 0 Å². The number of hydrogen-bond acceptors (Lipinski definition) is 3. The van der Waals surface area contributed by atoms with Crippen LogP contribution in [-0.2, 0) is 0 Å². The molecule has 0 radical (unpaired) electrons. The average molecular weight is 138 g/mol. The summed E-state index contributed by atoms with van der Waals surface area (Å²) in [5.41, 5.74) is 0. The zero-order valence-corrected chi connectivity index (χ0v) is 5.68. The maximum atomic E-state index is 4.01. The van der Waals surface area contributed by atoms with Crippen LogP contribution in [0.3, 0.4) is 0 Å². The van der Waals surface area contributed by atoms with Gasteiger partial charge in [0.15, 0.2) is 5.82 Å². The molecule has 0 aliphatic carbocycles. The minimum atomic E-state index is 0.613. The standard InChI is InChI=1S/C6H6N2S/c1-2-5-7-4-3-6(9)8-5/h2-4H,1H2,(H,7,8,9). The molecule has 9 heavy (non-hydrogen) atoms. The lowest BCUT2D eigenvalue weighted by Gasteiger charge is -1.89. The third kappa shape index (κ3) is 1.54. The first-order valence-electron chi connectivity index (χ1n) is 2.47. The molecule has 0 saturated carbocycles. The van der Waals surface area contributed by atoms with Crippen molar-refractivity contribution in [3.63, 3.8) is 0 Å². The first kappa shape index (κ1) is 6.29. The summed E-state index contributed by atoms with van der Waals surface area (Å²) in [5, 5.41) is 0.667. The normalized spacial score (nSPS) is 9.00. The Labute approximate surface area is 59.1 Å². The van der Waals surface area contributed by atoms with Crippen molar-refractivity contribution in [3.8, 4) is 0 Å². The molecule has 0 aliphatic rings. The summed E-state index contributed by atoms with van der Waals surface area (Å²) in [5.74, 6) is 0.613. The minimum Gasteiger partial charge on any atom is -0.237 e. The van der Waals surface area contributed by atoms with Crippen LogP contribution in [0.5, 0.6) is 0 Å². The fourth-order valence-electron chi connectivity index (χ4n) is 0.462. The highest BCUT2D eigenvalue weighted by Crippen LogP contribution is 1.99. The van der Waals surface area contributed by atoms with Gasteiger partial charge in [-0.3, -0.25) is 0 Å². The van der Waals surface area contributed by atoms with Gasteiger partial charge in [-0.25, -0.2) is 9.97 Å². The number of rotatable bonds is 1. The first-order valence-corrected chi connectivity index (χ1v) is 2.92. The van der Waals surface area contributed by atoms with E-state index in [2.05, 4.69) is 29.2 Å². The Hall–Kier alpha value is -0.830. The van der Waals surface area contributed by atoms with E-state index >= 15 is 0 Å². The quantitative estimate of drug-likeness (QED) is 0.469. The first-order chi connectivity index (χ1) is 4.33. The third-order valence-electron chi connectivity index (χ3n) is 0.842. The molecule has 0 saturated heterocycles. The molecule has 0 atom stereocenters. The Morgan fingerprint density at radius 3 is 2.89 bits per heavy atom. The molecule has 0 amide bonds. The molecule has 0 unspecified atom stereocenters. The number of hydrogen-bond donors (Lipinski definition) is 1. The molecule has 0 spiro atoms. The molecule has 1 heterocycles. The van der Waals surface area contributed by atoms with E-state index in [-0.39, 0.29) is 0 Å². The molecule has 0 N–H and O–H groups in total. The summed E-state index contributed by atoms with van der Waals surface area (Å²) < 4.78 is 0.